The lowest BCUT2D eigenvalue weighted by molar-refractivity contribution is -0.119. The molecule has 0 radical (unpaired) electrons. The molecule has 2 unspecified atom stereocenters. The van der Waals surface area contributed by atoms with Crippen molar-refractivity contribution in [3.63, 3.8) is 0 Å². The van der Waals surface area contributed by atoms with Crippen LogP contribution in [0.5, 0.6) is 0 Å². The van der Waals surface area contributed by atoms with Crippen molar-refractivity contribution < 1.29 is 19.4 Å². The zero-order valence-corrected chi connectivity index (χ0v) is 11.4. The summed E-state index contributed by atoms with van der Waals surface area (Å²) in [5, 5.41) is 22.2. The highest BCUT2D eigenvalue weighted by molar-refractivity contribution is 9.10. The van der Waals surface area contributed by atoms with Crippen LogP contribution in [0.25, 0.3) is 0 Å². The average molecular weight is 320 g/mol. The third-order valence-electron chi connectivity index (χ3n) is 2.46. The Morgan fingerprint density at radius 2 is 2.17 bits per heavy atom. The van der Waals surface area contributed by atoms with E-state index in [1.54, 1.807) is 0 Å². The van der Waals surface area contributed by atoms with Gasteiger partial charge in [-0.15, -0.1) is 0 Å². The minimum Gasteiger partial charge on any atom is -0.390 e. The first-order chi connectivity index (χ1) is 8.41. The summed E-state index contributed by atoms with van der Waals surface area (Å²) < 4.78 is 13.3. The zero-order chi connectivity index (χ0) is 13.7. The van der Waals surface area contributed by atoms with Gasteiger partial charge >= 0.3 is 0 Å². The van der Waals surface area contributed by atoms with Gasteiger partial charge in [0, 0.05) is 17.9 Å². The molecule has 100 valence electrons. The Balaban J connectivity index is 2.62. The standard InChI is InChI=1S/C12H15BrFNO3/c1-7(16)15-5-4-11(17)12(18)9-3-2-8(14)6-10(9)13/h2-3,6,11-12,17-18H,4-5H2,1H3,(H,15,16). The molecule has 0 aliphatic heterocycles. The van der Waals surface area contributed by atoms with Crippen LogP contribution >= 0.6 is 15.9 Å². The molecule has 0 aliphatic carbocycles. The Bertz CT molecular complexity index is 428. The molecule has 0 aliphatic rings. The Morgan fingerprint density at radius 3 is 2.72 bits per heavy atom. The third-order valence-corrected chi connectivity index (χ3v) is 3.15. The number of carbonyl (C=O) groups excluding carboxylic acids is 1. The minimum absolute atomic E-state index is 0.195. The number of amides is 1. The van der Waals surface area contributed by atoms with Crippen LogP contribution in [-0.2, 0) is 4.79 Å². The van der Waals surface area contributed by atoms with E-state index in [0.717, 1.165) is 0 Å². The van der Waals surface area contributed by atoms with E-state index in [9.17, 15) is 19.4 Å². The molecule has 4 nitrogen and oxygen atoms in total. The summed E-state index contributed by atoms with van der Waals surface area (Å²) in [5.74, 6) is -0.620. The van der Waals surface area contributed by atoms with Crippen molar-refractivity contribution in [1.82, 2.24) is 5.32 Å². The maximum absolute atomic E-state index is 12.9. The lowest BCUT2D eigenvalue weighted by atomic mass is 10.0. The number of carbonyl (C=O) groups is 1. The van der Waals surface area contributed by atoms with E-state index in [1.165, 1.54) is 25.1 Å². The van der Waals surface area contributed by atoms with Crippen LogP contribution < -0.4 is 5.32 Å². The van der Waals surface area contributed by atoms with Crippen molar-refractivity contribution in [2.45, 2.75) is 25.6 Å². The molecule has 18 heavy (non-hydrogen) atoms. The Kier molecular flexibility index (Phi) is 5.71. The van der Waals surface area contributed by atoms with Gasteiger partial charge in [0.25, 0.3) is 0 Å². The van der Waals surface area contributed by atoms with E-state index >= 15 is 0 Å². The Labute approximate surface area is 113 Å². The van der Waals surface area contributed by atoms with Gasteiger partial charge in [0.05, 0.1) is 6.10 Å². The van der Waals surface area contributed by atoms with Gasteiger partial charge in [-0.2, -0.15) is 0 Å². The van der Waals surface area contributed by atoms with Crippen LogP contribution in [0.1, 0.15) is 25.0 Å². The van der Waals surface area contributed by atoms with Crippen LogP contribution in [0.4, 0.5) is 4.39 Å². The molecule has 6 heteroatoms. The van der Waals surface area contributed by atoms with E-state index < -0.39 is 18.0 Å². The van der Waals surface area contributed by atoms with Crippen molar-refractivity contribution in [2.24, 2.45) is 0 Å². The molecule has 0 saturated heterocycles. The SMILES string of the molecule is CC(=O)NCCC(O)C(O)c1ccc(F)cc1Br. The highest BCUT2D eigenvalue weighted by atomic mass is 79.9. The maximum Gasteiger partial charge on any atom is 0.216 e. The predicted molar refractivity (Wildman–Crippen MR) is 68.4 cm³/mol. The molecule has 0 heterocycles. The fourth-order valence-electron chi connectivity index (χ4n) is 1.50. The Hall–Kier alpha value is -0.980. The van der Waals surface area contributed by atoms with Crippen LogP contribution in [0, 0.1) is 5.82 Å². The summed E-state index contributed by atoms with van der Waals surface area (Å²) in [6.07, 6.45) is -1.95. The zero-order valence-electron chi connectivity index (χ0n) is 9.86. The molecule has 1 amide bonds. The molecule has 1 aromatic carbocycles. The van der Waals surface area contributed by atoms with E-state index in [1.807, 2.05) is 0 Å². The number of rotatable bonds is 5. The summed E-state index contributed by atoms with van der Waals surface area (Å²) in [4.78, 5) is 10.7. The first kappa shape index (κ1) is 15.1. The van der Waals surface area contributed by atoms with Crippen LogP contribution in [-0.4, -0.2) is 28.8 Å². The summed E-state index contributed by atoms with van der Waals surface area (Å²) in [6, 6.07) is 3.84. The number of aliphatic hydroxyl groups excluding tert-OH is 2. The second-order valence-electron chi connectivity index (χ2n) is 3.95. The quantitative estimate of drug-likeness (QED) is 0.770. The van der Waals surface area contributed by atoms with Crippen LogP contribution in [0.15, 0.2) is 22.7 Å². The predicted octanol–water partition coefficient (Wildman–Crippen LogP) is 1.51. The topological polar surface area (TPSA) is 69.6 Å². The fraction of sp³-hybridized carbons (Fsp3) is 0.417. The lowest BCUT2D eigenvalue weighted by Crippen LogP contribution is -2.27. The first-order valence-electron chi connectivity index (χ1n) is 5.47. The van der Waals surface area contributed by atoms with Gasteiger partial charge in [0.2, 0.25) is 5.91 Å². The van der Waals surface area contributed by atoms with E-state index in [0.29, 0.717) is 10.0 Å². The van der Waals surface area contributed by atoms with E-state index in [-0.39, 0.29) is 18.9 Å². The molecule has 0 spiro atoms. The molecule has 0 saturated carbocycles. The summed E-state index contributed by atoms with van der Waals surface area (Å²) in [5.41, 5.74) is 0.409. The highest BCUT2D eigenvalue weighted by Crippen LogP contribution is 2.27. The second kappa shape index (κ2) is 6.82. The highest BCUT2D eigenvalue weighted by Gasteiger charge is 2.20. The number of hydrogen-bond donors (Lipinski definition) is 3. The van der Waals surface area contributed by atoms with Gasteiger partial charge in [-0.1, -0.05) is 22.0 Å². The van der Waals surface area contributed by atoms with Crippen LogP contribution in [0.3, 0.4) is 0 Å². The summed E-state index contributed by atoms with van der Waals surface area (Å²) in [7, 11) is 0. The van der Waals surface area contributed by atoms with Gasteiger partial charge in [0.15, 0.2) is 0 Å². The Morgan fingerprint density at radius 1 is 1.50 bits per heavy atom. The smallest absolute Gasteiger partial charge is 0.216 e. The molecule has 0 aromatic heterocycles. The fourth-order valence-corrected chi connectivity index (χ4v) is 2.09. The van der Waals surface area contributed by atoms with Gasteiger partial charge in [-0.05, 0) is 24.1 Å². The van der Waals surface area contributed by atoms with Gasteiger partial charge in [0.1, 0.15) is 11.9 Å². The van der Waals surface area contributed by atoms with Gasteiger partial charge in [-0.25, -0.2) is 4.39 Å². The molecule has 0 bridgehead atoms. The number of halogens is 2. The molecule has 0 fully saturated rings. The molecule has 1 rings (SSSR count). The third kappa shape index (κ3) is 4.36. The maximum atomic E-state index is 12.9. The summed E-state index contributed by atoms with van der Waals surface area (Å²) >= 11 is 3.13. The minimum atomic E-state index is -1.13. The van der Waals surface area contributed by atoms with Gasteiger partial charge < -0.3 is 15.5 Å². The first-order valence-corrected chi connectivity index (χ1v) is 6.26. The largest absolute Gasteiger partial charge is 0.390 e. The van der Waals surface area contributed by atoms with Crippen molar-refractivity contribution >= 4 is 21.8 Å². The molecule has 1 aromatic rings. The molecular weight excluding hydrogens is 305 g/mol. The van der Waals surface area contributed by atoms with Crippen molar-refractivity contribution in [3.05, 3.63) is 34.1 Å². The average Bonchev–Trinajstić information content (AvgIpc) is 2.27. The normalized spacial score (nSPS) is 14.1. The molecule has 3 N–H and O–H groups in total. The number of hydrogen-bond acceptors (Lipinski definition) is 3. The van der Waals surface area contributed by atoms with Crippen molar-refractivity contribution in [3.8, 4) is 0 Å². The van der Waals surface area contributed by atoms with Gasteiger partial charge in [-0.3, -0.25) is 4.79 Å². The molecular formula is C12H15BrFNO3. The van der Waals surface area contributed by atoms with Crippen LogP contribution in [0.2, 0.25) is 0 Å². The number of nitrogens with one attached hydrogen (secondary N) is 1. The molecule has 2 atom stereocenters. The van der Waals surface area contributed by atoms with Crippen molar-refractivity contribution in [2.75, 3.05) is 6.54 Å². The van der Waals surface area contributed by atoms with E-state index in [4.69, 9.17) is 0 Å². The lowest BCUT2D eigenvalue weighted by Gasteiger charge is -2.19. The second-order valence-corrected chi connectivity index (χ2v) is 4.80. The number of benzene rings is 1. The van der Waals surface area contributed by atoms with E-state index in [2.05, 4.69) is 21.2 Å². The monoisotopic (exact) mass is 319 g/mol. The van der Waals surface area contributed by atoms with Crippen molar-refractivity contribution in [1.29, 1.82) is 0 Å². The number of aliphatic hydroxyl groups is 2. The summed E-state index contributed by atoms with van der Waals surface area (Å²) in [6.45, 7) is 1.64.